The Hall–Kier alpha value is -1.85. The number of unbranched alkanes of at least 4 members (excludes halogenated alkanes) is 1. The lowest BCUT2D eigenvalue weighted by Crippen LogP contribution is -2.21. The molecule has 1 rings (SSSR count). The number of nitrogens with one attached hydrogen (secondary N) is 1. The van der Waals surface area contributed by atoms with Crippen LogP contribution in [0.3, 0.4) is 0 Å². The summed E-state index contributed by atoms with van der Waals surface area (Å²) in [5.41, 5.74) is 5.50. The number of hydrogen-bond donors (Lipinski definition) is 2. The first-order valence-electron chi connectivity index (χ1n) is 4.74. The largest absolute Gasteiger partial charge is 0.382 e. The third-order valence-corrected chi connectivity index (χ3v) is 1.77. The second-order valence-electron chi connectivity index (χ2n) is 3.08. The fraction of sp³-hybridized carbons (Fsp3) is 0.444. The first kappa shape index (κ1) is 11.2. The van der Waals surface area contributed by atoms with Gasteiger partial charge < -0.3 is 10.6 Å². The van der Waals surface area contributed by atoms with Gasteiger partial charge in [-0.2, -0.15) is 0 Å². The van der Waals surface area contributed by atoms with Crippen LogP contribution in [-0.4, -0.2) is 21.7 Å². The molecule has 1 aromatic rings. The maximum atomic E-state index is 11.2. The molecule has 82 valence electrons. The molecule has 15 heavy (non-hydrogen) atoms. The lowest BCUT2D eigenvalue weighted by atomic mass is 10.3. The predicted octanol–water partition coefficient (Wildman–Crippen LogP) is 0.313. The van der Waals surface area contributed by atoms with Crippen LogP contribution < -0.4 is 10.6 Å². The molecule has 0 spiro atoms. The van der Waals surface area contributed by atoms with Crippen molar-refractivity contribution in [2.45, 2.75) is 26.2 Å². The van der Waals surface area contributed by atoms with E-state index in [9.17, 15) is 4.79 Å². The molecule has 0 aliphatic carbocycles. The van der Waals surface area contributed by atoms with Gasteiger partial charge in [-0.1, -0.05) is 18.2 Å². The van der Waals surface area contributed by atoms with Crippen molar-refractivity contribution >= 4 is 11.8 Å². The molecule has 6 heteroatoms. The zero-order chi connectivity index (χ0) is 11.3. The number of aromatic nitrogens is 2. The van der Waals surface area contributed by atoms with Gasteiger partial charge in [0, 0.05) is 6.42 Å². The molecular formula is C9H14N4O2. The summed E-state index contributed by atoms with van der Waals surface area (Å²) in [6.45, 7) is 2.00. The van der Waals surface area contributed by atoms with E-state index in [4.69, 9.17) is 16.0 Å². The lowest BCUT2D eigenvalue weighted by molar-refractivity contribution is -0.145. The van der Waals surface area contributed by atoms with Crippen LogP contribution in [0.5, 0.6) is 0 Å². The molecule has 0 fully saturated rings. The van der Waals surface area contributed by atoms with Crippen molar-refractivity contribution in [1.82, 2.24) is 9.94 Å². The summed E-state index contributed by atoms with van der Waals surface area (Å²) in [5.74, 6) is -0.492. The SMILES string of the molecule is CCCCC(=O)On1ccc(C(=N)N)n1. The molecule has 0 aromatic carbocycles. The van der Waals surface area contributed by atoms with Crippen LogP contribution in [0.25, 0.3) is 0 Å². The molecule has 0 saturated carbocycles. The molecule has 1 heterocycles. The average Bonchev–Trinajstić information content (AvgIpc) is 2.63. The second kappa shape index (κ2) is 5.14. The Bertz CT molecular complexity index is 359. The summed E-state index contributed by atoms with van der Waals surface area (Å²) in [5, 5.41) is 10.9. The van der Waals surface area contributed by atoms with Gasteiger partial charge in [0.2, 0.25) is 0 Å². The Morgan fingerprint density at radius 3 is 3.00 bits per heavy atom. The Morgan fingerprint density at radius 1 is 1.73 bits per heavy atom. The highest BCUT2D eigenvalue weighted by atomic mass is 16.7. The van der Waals surface area contributed by atoms with Crippen molar-refractivity contribution in [3.05, 3.63) is 18.0 Å². The fourth-order valence-corrected chi connectivity index (χ4v) is 0.973. The van der Waals surface area contributed by atoms with E-state index >= 15 is 0 Å². The van der Waals surface area contributed by atoms with E-state index in [1.165, 1.54) is 12.3 Å². The minimum Gasteiger partial charge on any atom is -0.382 e. The zero-order valence-corrected chi connectivity index (χ0v) is 8.56. The van der Waals surface area contributed by atoms with Crippen LogP contribution in [0.4, 0.5) is 0 Å². The molecule has 0 aliphatic rings. The van der Waals surface area contributed by atoms with Gasteiger partial charge in [0.15, 0.2) is 0 Å². The maximum Gasteiger partial charge on any atom is 0.334 e. The molecule has 0 unspecified atom stereocenters. The lowest BCUT2D eigenvalue weighted by Gasteiger charge is -2.01. The van der Waals surface area contributed by atoms with Crippen molar-refractivity contribution in [2.75, 3.05) is 0 Å². The predicted molar refractivity (Wildman–Crippen MR) is 54.4 cm³/mol. The molecule has 3 N–H and O–H groups in total. The summed E-state index contributed by atoms with van der Waals surface area (Å²) in [4.78, 5) is 17.1. The van der Waals surface area contributed by atoms with E-state index in [-0.39, 0.29) is 11.8 Å². The number of nitrogen functional groups attached to an aromatic ring is 1. The van der Waals surface area contributed by atoms with E-state index < -0.39 is 0 Å². The zero-order valence-electron chi connectivity index (χ0n) is 8.56. The average molecular weight is 210 g/mol. The molecule has 0 saturated heterocycles. The molecule has 0 aliphatic heterocycles. The Morgan fingerprint density at radius 2 is 2.47 bits per heavy atom. The van der Waals surface area contributed by atoms with Gasteiger partial charge >= 0.3 is 5.97 Å². The first-order valence-corrected chi connectivity index (χ1v) is 4.74. The molecule has 0 radical (unpaired) electrons. The van der Waals surface area contributed by atoms with E-state index in [1.807, 2.05) is 6.92 Å². The fourth-order valence-electron chi connectivity index (χ4n) is 0.973. The van der Waals surface area contributed by atoms with Crippen LogP contribution in [0.1, 0.15) is 31.9 Å². The minimum atomic E-state index is -0.338. The van der Waals surface area contributed by atoms with Crippen molar-refractivity contribution < 1.29 is 9.63 Å². The number of carbonyl (C=O) groups excluding carboxylic acids is 1. The molecule has 0 atom stereocenters. The number of nitrogens with zero attached hydrogens (tertiary/aromatic N) is 2. The summed E-state index contributed by atoms with van der Waals surface area (Å²) in [6, 6.07) is 1.51. The quantitative estimate of drug-likeness (QED) is 0.540. The molecule has 0 bridgehead atoms. The van der Waals surface area contributed by atoms with Gasteiger partial charge in [-0.05, 0) is 12.5 Å². The smallest absolute Gasteiger partial charge is 0.334 e. The monoisotopic (exact) mass is 210 g/mol. The van der Waals surface area contributed by atoms with Crippen LogP contribution in [0.15, 0.2) is 12.3 Å². The minimum absolute atomic E-state index is 0.154. The van der Waals surface area contributed by atoms with Gasteiger partial charge in [-0.3, -0.25) is 5.41 Å². The van der Waals surface area contributed by atoms with Crippen molar-refractivity contribution in [2.24, 2.45) is 5.73 Å². The summed E-state index contributed by atoms with van der Waals surface area (Å²) in [6.07, 6.45) is 3.54. The van der Waals surface area contributed by atoms with Crippen molar-refractivity contribution in [3.8, 4) is 0 Å². The van der Waals surface area contributed by atoms with E-state index in [0.717, 1.165) is 17.7 Å². The van der Waals surface area contributed by atoms with Gasteiger partial charge in [0.05, 0.1) is 6.20 Å². The number of hydrogen-bond acceptors (Lipinski definition) is 4. The second-order valence-corrected chi connectivity index (χ2v) is 3.08. The van der Waals surface area contributed by atoms with Gasteiger partial charge in [0.1, 0.15) is 11.5 Å². The summed E-state index contributed by atoms with van der Waals surface area (Å²) in [7, 11) is 0. The Kier molecular flexibility index (Phi) is 3.84. The highest BCUT2D eigenvalue weighted by Crippen LogP contribution is 1.96. The van der Waals surface area contributed by atoms with Gasteiger partial charge in [-0.15, -0.1) is 5.10 Å². The standard InChI is InChI=1S/C9H14N4O2/c1-2-3-4-8(14)15-13-6-5-7(12-13)9(10)11/h5-6H,2-4H2,1H3,(H3,10,11). The Balaban J connectivity index is 2.50. The third kappa shape index (κ3) is 3.41. The van der Waals surface area contributed by atoms with Crippen LogP contribution in [0, 0.1) is 5.41 Å². The molecular weight excluding hydrogens is 196 g/mol. The normalized spacial score (nSPS) is 9.93. The number of rotatable bonds is 5. The highest BCUT2D eigenvalue weighted by Gasteiger charge is 2.06. The third-order valence-electron chi connectivity index (χ3n) is 1.77. The van der Waals surface area contributed by atoms with Gasteiger partial charge in [0.25, 0.3) is 0 Å². The van der Waals surface area contributed by atoms with E-state index in [2.05, 4.69) is 5.10 Å². The van der Waals surface area contributed by atoms with Crippen molar-refractivity contribution in [1.29, 1.82) is 5.41 Å². The summed E-state index contributed by atoms with van der Waals surface area (Å²) < 4.78 is 0. The molecule has 1 aromatic heterocycles. The maximum absolute atomic E-state index is 11.2. The molecule has 6 nitrogen and oxygen atoms in total. The Labute approximate surface area is 87.5 Å². The van der Waals surface area contributed by atoms with Crippen LogP contribution >= 0.6 is 0 Å². The van der Waals surface area contributed by atoms with Crippen molar-refractivity contribution in [3.63, 3.8) is 0 Å². The van der Waals surface area contributed by atoms with Crippen LogP contribution in [0.2, 0.25) is 0 Å². The van der Waals surface area contributed by atoms with Crippen LogP contribution in [-0.2, 0) is 4.79 Å². The highest BCUT2D eigenvalue weighted by molar-refractivity contribution is 5.92. The first-order chi connectivity index (χ1) is 7.13. The topological polar surface area (TPSA) is 94.0 Å². The van der Waals surface area contributed by atoms with E-state index in [1.54, 1.807) is 0 Å². The van der Waals surface area contributed by atoms with Gasteiger partial charge in [-0.25, -0.2) is 4.79 Å². The number of carbonyl (C=O) groups is 1. The number of amidine groups is 1. The number of nitrogens with two attached hydrogens (primary N) is 1. The summed E-state index contributed by atoms with van der Waals surface area (Å²) >= 11 is 0. The van der Waals surface area contributed by atoms with E-state index in [0.29, 0.717) is 12.1 Å². The molecule has 0 amide bonds.